The lowest BCUT2D eigenvalue weighted by Gasteiger charge is -2.03. The maximum Gasteiger partial charge on any atom is 0.238 e. The van der Waals surface area contributed by atoms with Gasteiger partial charge in [-0.05, 0) is 36.4 Å². The van der Waals surface area contributed by atoms with E-state index in [1.165, 1.54) is 42.6 Å². The van der Waals surface area contributed by atoms with Crippen molar-refractivity contribution in [3.63, 3.8) is 0 Å². The van der Waals surface area contributed by atoms with E-state index in [4.69, 9.17) is 16.7 Å². The highest BCUT2D eigenvalue weighted by Crippen LogP contribution is 2.17. The Bertz CT molecular complexity index is 756. The zero-order valence-corrected chi connectivity index (χ0v) is 12.2. The molecule has 0 radical (unpaired) electrons. The predicted octanol–water partition coefficient (Wildman–Crippen LogP) is 2.57. The van der Waals surface area contributed by atoms with Gasteiger partial charge in [0.05, 0.1) is 21.8 Å². The fraction of sp³-hybridized carbons (Fsp3) is 0. The number of hydrogen-bond acceptors (Lipinski definition) is 4. The number of halogens is 2. The van der Waals surface area contributed by atoms with Gasteiger partial charge in [-0.3, -0.25) is 5.43 Å². The van der Waals surface area contributed by atoms with E-state index in [0.29, 0.717) is 5.69 Å². The van der Waals surface area contributed by atoms with Gasteiger partial charge in [0.25, 0.3) is 0 Å². The van der Waals surface area contributed by atoms with Crippen LogP contribution >= 0.6 is 11.6 Å². The summed E-state index contributed by atoms with van der Waals surface area (Å²) in [7, 11) is -3.73. The van der Waals surface area contributed by atoms with Crippen LogP contribution in [0, 0.1) is 5.82 Å². The molecule has 0 saturated carbocycles. The van der Waals surface area contributed by atoms with Gasteiger partial charge in [0.1, 0.15) is 5.82 Å². The second kappa shape index (κ2) is 6.21. The Hall–Kier alpha value is -1.96. The van der Waals surface area contributed by atoms with Crippen molar-refractivity contribution < 1.29 is 12.8 Å². The van der Waals surface area contributed by atoms with Crippen molar-refractivity contribution >= 4 is 33.5 Å². The molecule has 0 aromatic heterocycles. The van der Waals surface area contributed by atoms with Crippen molar-refractivity contribution in [2.45, 2.75) is 4.90 Å². The SMILES string of the molecule is NS(=O)(=O)c1ccc(N/N=C/c2c(F)cccc2Cl)cc1. The standard InChI is InChI=1S/C13H11ClFN3O2S/c14-12-2-1-3-13(15)11(12)8-17-18-9-4-6-10(7-5-9)21(16,19)20/h1-8,18H,(H2,16,19,20)/b17-8+. The molecule has 0 fully saturated rings. The summed E-state index contributed by atoms with van der Waals surface area (Å²) in [6, 6.07) is 9.96. The Morgan fingerprint density at radius 1 is 1.19 bits per heavy atom. The zero-order chi connectivity index (χ0) is 15.5. The van der Waals surface area contributed by atoms with Crippen molar-refractivity contribution in [2.24, 2.45) is 10.2 Å². The highest BCUT2D eigenvalue weighted by molar-refractivity contribution is 7.89. The van der Waals surface area contributed by atoms with E-state index < -0.39 is 15.8 Å². The summed E-state index contributed by atoms with van der Waals surface area (Å²) in [5.41, 5.74) is 3.31. The smallest absolute Gasteiger partial charge is 0.238 e. The molecule has 0 heterocycles. The van der Waals surface area contributed by atoms with Crippen LogP contribution in [0.25, 0.3) is 0 Å². The maximum atomic E-state index is 13.5. The molecule has 0 aliphatic carbocycles. The minimum absolute atomic E-state index is 0.00539. The molecule has 110 valence electrons. The summed E-state index contributed by atoms with van der Waals surface area (Å²) in [5.74, 6) is -0.488. The predicted molar refractivity (Wildman–Crippen MR) is 80.4 cm³/mol. The number of anilines is 1. The summed E-state index contributed by atoms with van der Waals surface area (Å²) in [4.78, 5) is -0.00539. The third-order valence-corrected chi connectivity index (χ3v) is 3.83. The summed E-state index contributed by atoms with van der Waals surface area (Å²) < 4.78 is 35.7. The third kappa shape index (κ3) is 4.01. The first kappa shape index (κ1) is 15.4. The molecule has 5 nitrogen and oxygen atoms in total. The highest BCUT2D eigenvalue weighted by Gasteiger charge is 2.06. The molecule has 8 heteroatoms. The van der Waals surface area contributed by atoms with E-state index in [1.54, 1.807) is 6.07 Å². The van der Waals surface area contributed by atoms with E-state index in [0.717, 1.165) is 0 Å². The first-order valence-corrected chi connectivity index (χ1v) is 7.66. The Balaban J connectivity index is 2.11. The largest absolute Gasteiger partial charge is 0.279 e. The first-order valence-electron chi connectivity index (χ1n) is 5.74. The van der Waals surface area contributed by atoms with Gasteiger partial charge in [0, 0.05) is 5.56 Å². The van der Waals surface area contributed by atoms with E-state index in [2.05, 4.69) is 10.5 Å². The number of nitrogens with one attached hydrogen (secondary N) is 1. The summed E-state index contributed by atoms with van der Waals surface area (Å²) in [6.45, 7) is 0. The molecule has 0 spiro atoms. The highest BCUT2D eigenvalue weighted by atomic mass is 35.5. The summed E-state index contributed by atoms with van der Waals surface area (Å²) in [5, 5.41) is 9.07. The second-order valence-corrected chi connectivity index (χ2v) is 6.04. The molecular weight excluding hydrogens is 317 g/mol. The van der Waals surface area contributed by atoms with Crippen LogP contribution in [-0.4, -0.2) is 14.6 Å². The molecule has 0 unspecified atom stereocenters. The van der Waals surface area contributed by atoms with Gasteiger partial charge in [-0.2, -0.15) is 5.10 Å². The minimum Gasteiger partial charge on any atom is -0.279 e. The van der Waals surface area contributed by atoms with E-state index >= 15 is 0 Å². The van der Waals surface area contributed by atoms with Crippen LogP contribution in [0.2, 0.25) is 5.02 Å². The van der Waals surface area contributed by atoms with Gasteiger partial charge in [-0.1, -0.05) is 17.7 Å². The van der Waals surface area contributed by atoms with Crippen molar-refractivity contribution in [1.82, 2.24) is 0 Å². The van der Waals surface area contributed by atoms with Crippen LogP contribution in [0.15, 0.2) is 52.5 Å². The lowest BCUT2D eigenvalue weighted by Crippen LogP contribution is -2.11. The Kier molecular flexibility index (Phi) is 4.56. The molecule has 2 aromatic rings. The molecule has 0 aliphatic heterocycles. The number of hydrazone groups is 1. The molecule has 2 rings (SSSR count). The van der Waals surface area contributed by atoms with Gasteiger partial charge >= 0.3 is 0 Å². The Morgan fingerprint density at radius 3 is 2.43 bits per heavy atom. The van der Waals surface area contributed by atoms with Crippen molar-refractivity contribution in [2.75, 3.05) is 5.43 Å². The third-order valence-electron chi connectivity index (χ3n) is 2.57. The van der Waals surface area contributed by atoms with Gasteiger partial charge in [0.2, 0.25) is 10.0 Å². The van der Waals surface area contributed by atoms with Crippen LogP contribution < -0.4 is 10.6 Å². The van der Waals surface area contributed by atoms with Crippen LogP contribution in [-0.2, 0) is 10.0 Å². The van der Waals surface area contributed by atoms with Gasteiger partial charge < -0.3 is 0 Å². The summed E-state index contributed by atoms with van der Waals surface area (Å²) >= 11 is 5.84. The van der Waals surface area contributed by atoms with Crippen molar-refractivity contribution in [3.8, 4) is 0 Å². The summed E-state index contributed by atoms with van der Waals surface area (Å²) in [6.07, 6.45) is 1.24. The first-order chi connectivity index (χ1) is 9.88. The average molecular weight is 328 g/mol. The Morgan fingerprint density at radius 2 is 1.86 bits per heavy atom. The van der Waals surface area contributed by atoms with Gasteiger partial charge in [0.15, 0.2) is 0 Å². The molecule has 0 bridgehead atoms. The van der Waals surface area contributed by atoms with E-state index in [1.807, 2.05) is 0 Å². The number of nitrogens with zero attached hydrogens (tertiary/aromatic N) is 1. The number of rotatable bonds is 4. The van der Waals surface area contributed by atoms with Crippen LogP contribution in [0.3, 0.4) is 0 Å². The molecule has 21 heavy (non-hydrogen) atoms. The van der Waals surface area contributed by atoms with Gasteiger partial charge in [-0.25, -0.2) is 17.9 Å². The molecule has 0 aliphatic rings. The number of nitrogens with two attached hydrogens (primary N) is 1. The maximum absolute atomic E-state index is 13.5. The molecule has 3 N–H and O–H groups in total. The molecule has 0 amide bonds. The van der Waals surface area contributed by atoms with E-state index in [9.17, 15) is 12.8 Å². The van der Waals surface area contributed by atoms with Crippen molar-refractivity contribution in [3.05, 3.63) is 58.9 Å². The van der Waals surface area contributed by atoms with Crippen LogP contribution in [0.4, 0.5) is 10.1 Å². The fourth-order valence-electron chi connectivity index (χ4n) is 1.52. The molecule has 0 atom stereocenters. The van der Waals surface area contributed by atoms with Crippen LogP contribution in [0.5, 0.6) is 0 Å². The number of hydrogen-bond donors (Lipinski definition) is 2. The topological polar surface area (TPSA) is 84.5 Å². The number of primary sulfonamides is 1. The van der Waals surface area contributed by atoms with E-state index in [-0.39, 0.29) is 15.5 Å². The molecule has 0 saturated heterocycles. The lowest BCUT2D eigenvalue weighted by atomic mass is 10.2. The molecule has 2 aromatic carbocycles. The normalized spacial score (nSPS) is 11.8. The second-order valence-electron chi connectivity index (χ2n) is 4.07. The average Bonchev–Trinajstić information content (AvgIpc) is 2.42. The van der Waals surface area contributed by atoms with Gasteiger partial charge in [-0.15, -0.1) is 0 Å². The van der Waals surface area contributed by atoms with Crippen molar-refractivity contribution in [1.29, 1.82) is 0 Å². The quantitative estimate of drug-likeness (QED) is 0.668. The zero-order valence-electron chi connectivity index (χ0n) is 10.6. The fourth-order valence-corrected chi connectivity index (χ4v) is 2.25. The van der Waals surface area contributed by atoms with Crippen LogP contribution in [0.1, 0.15) is 5.56 Å². The molecular formula is C13H11ClFN3O2S. The Labute approximate surface area is 126 Å². The number of sulfonamides is 1. The minimum atomic E-state index is -3.73. The number of benzene rings is 2. The lowest BCUT2D eigenvalue weighted by molar-refractivity contribution is 0.598. The monoisotopic (exact) mass is 327 g/mol.